The zero-order valence-corrected chi connectivity index (χ0v) is 17.5. The molecule has 8 nitrogen and oxygen atoms in total. The summed E-state index contributed by atoms with van der Waals surface area (Å²) in [6.45, 7) is 2.97. The predicted molar refractivity (Wildman–Crippen MR) is 107 cm³/mol. The van der Waals surface area contributed by atoms with E-state index in [4.69, 9.17) is 14.6 Å². The molecule has 2 aliphatic heterocycles. The lowest BCUT2D eigenvalue weighted by Crippen LogP contribution is -2.49. The summed E-state index contributed by atoms with van der Waals surface area (Å²) in [6.07, 6.45) is 2.54. The summed E-state index contributed by atoms with van der Waals surface area (Å²) < 4.78 is 35.8. The Morgan fingerprint density at radius 1 is 1.36 bits per heavy atom. The first kappa shape index (κ1) is 22.9. The molecule has 1 atom stereocenters. The fourth-order valence-corrected chi connectivity index (χ4v) is 4.25. The zero-order chi connectivity index (χ0) is 19.4. The van der Waals surface area contributed by atoms with Gasteiger partial charge in [0.2, 0.25) is 10.0 Å². The van der Waals surface area contributed by atoms with Crippen molar-refractivity contribution in [3.63, 3.8) is 0 Å². The third-order valence-electron chi connectivity index (χ3n) is 4.88. The van der Waals surface area contributed by atoms with E-state index in [1.165, 1.54) is 11.1 Å². The molecule has 2 aliphatic rings. The molecule has 2 heterocycles. The molecule has 0 saturated carbocycles. The van der Waals surface area contributed by atoms with Gasteiger partial charge in [0, 0.05) is 32.6 Å². The van der Waals surface area contributed by atoms with E-state index in [9.17, 15) is 13.2 Å². The van der Waals surface area contributed by atoms with Crippen LogP contribution >= 0.6 is 12.4 Å². The van der Waals surface area contributed by atoms with E-state index in [1.807, 2.05) is 6.07 Å². The summed E-state index contributed by atoms with van der Waals surface area (Å²) in [5, 5.41) is 8.94. The van der Waals surface area contributed by atoms with Gasteiger partial charge in [0.15, 0.2) is 0 Å². The molecular formula is C18H27ClN2O6S. The van der Waals surface area contributed by atoms with E-state index in [0.29, 0.717) is 13.2 Å². The number of fused-ring (bicyclic) bond motifs is 1. The van der Waals surface area contributed by atoms with Crippen molar-refractivity contribution in [2.45, 2.75) is 18.9 Å². The number of aliphatic carboxylic acids is 1. The minimum atomic E-state index is -3.60. The van der Waals surface area contributed by atoms with Gasteiger partial charge in [-0.25, -0.2) is 8.42 Å². The van der Waals surface area contributed by atoms with Crippen LogP contribution in [0.4, 0.5) is 0 Å². The molecular weight excluding hydrogens is 408 g/mol. The van der Waals surface area contributed by atoms with Gasteiger partial charge < -0.3 is 14.6 Å². The highest BCUT2D eigenvalue weighted by atomic mass is 35.5. The Labute approximate surface area is 171 Å². The summed E-state index contributed by atoms with van der Waals surface area (Å²) in [5.41, 5.74) is 2.51. The predicted octanol–water partition coefficient (Wildman–Crippen LogP) is 0.633. The van der Waals surface area contributed by atoms with E-state index in [2.05, 4.69) is 17.0 Å². The van der Waals surface area contributed by atoms with Gasteiger partial charge in [-0.15, -0.1) is 12.4 Å². The molecule has 28 heavy (non-hydrogen) atoms. The molecule has 0 aromatic heterocycles. The lowest BCUT2D eigenvalue weighted by Gasteiger charge is -2.34. The average Bonchev–Trinajstić information content (AvgIpc) is 3.06. The number of morpholine rings is 1. The Balaban J connectivity index is 0.00000280. The van der Waals surface area contributed by atoms with Crippen molar-refractivity contribution in [1.29, 1.82) is 0 Å². The summed E-state index contributed by atoms with van der Waals surface area (Å²) in [6, 6.07) is 6.30. The van der Waals surface area contributed by atoms with Crippen molar-refractivity contribution in [1.82, 2.24) is 9.21 Å². The second kappa shape index (κ2) is 9.89. The highest BCUT2D eigenvalue weighted by Crippen LogP contribution is 2.26. The van der Waals surface area contributed by atoms with Gasteiger partial charge in [-0.05, 0) is 23.6 Å². The maximum Gasteiger partial charge on any atom is 0.318 e. The molecule has 1 saturated heterocycles. The first-order chi connectivity index (χ1) is 12.8. The van der Waals surface area contributed by atoms with Crippen molar-refractivity contribution in [3.05, 3.63) is 29.3 Å². The average molecular weight is 435 g/mol. The smallest absolute Gasteiger partial charge is 0.318 e. The Morgan fingerprint density at radius 3 is 2.86 bits per heavy atom. The van der Waals surface area contributed by atoms with Crippen LogP contribution in [0.2, 0.25) is 0 Å². The lowest BCUT2D eigenvalue weighted by atomic mass is 10.1. The van der Waals surface area contributed by atoms with Crippen LogP contribution < -0.4 is 4.74 Å². The highest BCUT2D eigenvalue weighted by Gasteiger charge is 2.28. The quantitative estimate of drug-likeness (QED) is 0.641. The normalized spacial score (nSPS) is 19.7. The van der Waals surface area contributed by atoms with Crippen molar-refractivity contribution in [2.24, 2.45) is 0 Å². The number of nitrogens with zero attached hydrogens (tertiary/aromatic N) is 2. The fraction of sp³-hybridized carbons (Fsp3) is 0.611. The summed E-state index contributed by atoms with van der Waals surface area (Å²) in [5.74, 6) is -0.196. The second-order valence-corrected chi connectivity index (χ2v) is 9.02. The van der Waals surface area contributed by atoms with E-state index in [-0.39, 0.29) is 25.1 Å². The van der Waals surface area contributed by atoms with E-state index < -0.39 is 22.5 Å². The van der Waals surface area contributed by atoms with Gasteiger partial charge >= 0.3 is 5.97 Å². The third kappa shape index (κ3) is 6.31. The van der Waals surface area contributed by atoms with Crippen molar-refractivity contribution < 1.29 is 27.8 Å². The van der Waals surface area contributed by atoms with Gasteiger partial charge in [-0.3, -0.25) is 9.69 Å². The molecule has 0 bridgehead atoms. The van der Waals surface area contributed by atoms with Gasteiger partial charge in [-0.2, -0.15) is 4.31 Å². The van der Waals surface area contributed by atoms with Gasteiger partial charge in [0.25, 0.3) is 0 Å². The van der Waals surface area contributed by atoms with Gasteiger partial charge in [0.1, 0.15) is 12.3 Å². The maximum atomic E-state index is 11.8. The van der Waals surface area contributed by atoms with Crippen LogP contribution in [-0.4, -0.2) is 87.0 Å². The van der Waals surface area contributed by atoms with Gasteiger partial charge in [-0.1, -0.05) is 12.1 Å². The minimum absolute atomic E-state index is 0. The Hall–Kier alpha value is -1.39. The Kier molecular flexibility index (Phi) is 8.08. The maximum absolute atomic E-state index is 11.8. The SMILES string of the molecule is CS(=O)(=O)N(CC(=O)O)CC1CN(CCc2ccc3c(c2)CCO3)CCO1.Cl. The number of carbonyl (C=O) groups is 1. The minimum Gasteiger partial charge on any atom is -0.493 e. The van der Waals surface area contributed by atoms with Crippen LogP contribution in [0.3, 0.4) is 0 Å². The van der Waals surface area contributed by atoms with Crippen LogP contribution in [0, 0.1) is 0 Å². The van der Waals surface area contributed by atoms with Crippen molar-refractivity contribution >= 4 is 28.4 Å². The summed E-state index contributed by atoms with van der Waals surface area (Å²) >= 11 is 0. The standard InChI is InChI=1S/C18H26N2O6S.ClH/c1-27(23,24)20(13-18(21)22)12-16-11-19(7-9-25-16)6-4-14-2-3-17-15(10-14)5-8-26-17;/h2-3,10,16H,4-9,11-13H2,1H3,(H,21,22);1H. The number of hydrogen-bond donors (Lipinski definition) is 1. The number of carboxylic acids is 1. The molecule has 0 spiro atoms. The van der Waals surface area contributed by atoms with Crippen LogP contribution in [0.1, 0.15) is 11.1 Å². The fourth-order valence-electron chi connectivity index (χ4n) is 3.47. The zero-order valence-electron chi connectivity index (χ0n) is 15.9. The number of hydrogen-bond acceptors (Lipinski definition) is 6. The molecule has 1 aromatic rings. The number of sulfonamides is 1. The van der Waals surface area contributed by atoms with Crippen LogP contribution in [0.25, 0.3) is 0 Å². The van der Waals surface area contributed by atoms with E-state index in [0.717, 1.165) is 48.8 Å². The molecule has 0 aliphatic carbocycles. The molecule has 0 amide bonds. The molecule has 1 aromatic carbocycles. The number of halogens is 1. The number of rotatable bonds is 8. The van der Waals surface area contributed by atoms with Gasteiger partial charge in [0.05, 0.1) is 25.6 Å². The van der Waals surface area contributed by atoms with Crippen molar-refractivity contribution in [3.8, 4) is 5.75 Å². The second-order valence-electron chi connectivity index (χ2n) is 7.03. The molecule has 0 radical (unpaired) electrons. The Morgan fingerprint density at radius 2 is 2.14 bits per heavy atom. The third-order valence-corrected chi connectivity index (χ3v) is 6.10. The largest absolute Gasteiger partial charge is 0.493 e. The molecule has 1 fully saturated rings. The van der Waals surface area contributed by atoms with Crippen molar-refractivity contribution in [2.75, 3.05) is 52.2 Å². The lowest BCUT2D eigenvalue weighted by molar-refractivity contribution is -0.137. The molecule has 10 heteroatoms. The first-order valence-electron chi connectivity index (χ1n) is 9.07. The summed E-state index contributed by atoms with van der Waals surface area (Å²) in [7, 11) is -3.60. The Bertz CT molecular complexity index is 788. The number of benzene rings is 1. The monoisotopic (exact) mass is 434 g/mol. The number of ether oxygens (including phenoxy) is 2. The first-order valence-corrected chi connectivity index (χ1v) is 10.9. The molecule has 1 unspecified atom stereocenters. The highest BCUT2D eigenvalue weighted by molar-refractivity contribution is 7.88. The summed E-state index contributed by atoms with van der Waals surface area (Å²) in [4.78, 5) is 13.2. The van der Waals surface area contributed by atoms with Crippen LogP contribution in [-0.2, 0) is 32.4 Å². The molecule has 1 N–H and O–H groups in total. The topological polar surface area (TPSA) is 96.4 Å². The van der Waals surface area contributed by atoms with Crippen LogP contribution in [0.5, 0.6) is 5.75 Å². The number of carboxylic acid groups (broad SMARTS) is 1. The van der Waals surface area contributed by atoms with Crippen LogP contribution in [0.15, 0.2) is 18.2 Å². The van der Waals surface area contributed by atoms with E-state index >= 15 is 0 Å². The molecule has 3 rings (SSSR count). The van der Waals surface area contributed by atoms with E-state index in [1.54, 1.807) is 0 Å². The molecule has 158 valence electrons.